The molecule has 0 aliphatic carbocycles. The van der Waals surface area contributed by atoms with Crippen LogP contribution >= 0.6 is 23.4 Å². The Morgan fingerprint density at radius 1 is 1.16 bits per heavy atom. The number of nitrogens with one attached hydrogen (secondary N) is 2. The summed E-state index contributed by atoms with van der Waals surface area (Å²) in [5.41, 5.74) is 1.47. The minimum atomic E-state index is -0.285. The average molecular weight is 476 g/mol. The Labute approximate surface area is 194 Å². The largest absolute Gasteiger partial charge is 0.378 e. The van der Waals surface area contributed by atoms with Crippen LogP contribution in [0.25, 0.3) is 0 Å². The average Bonchev–Trinajstić information content (AvgIpc) is 3.44. The fraction of sp³-hybridized carbons (Fsp3) is 0.318. The van der Waals surface area contributed by atoms with E-state index >= 15 is 0 Å². The van der Waals surface area contributed by atoms with E-state index in [2.05, 4.69) is 20.8 Å². The summed E-state index contributed by atoms with van der Waals surface area (Å²) in [4.78, 5) is 12.4. The van der Waals surface area contributed by atoms with Gasteiger partial charge in [0.2, 0.25) is 5.91 Å². The number of hydrogen-bond acceptors (Lipinski definition) is 6. The van der Waals surface area contributed by atoms with Crippen molar-refractivity contribution in [1.29, 1.82) is 0 Å². The van der Waals surface area contributed by atoms with Gasteiger partial charge in [0.25, 0.3) is 0 Å². The maximum Gasteiger partial charge on any atom is 0.234 e. The summed E-state index contributed by atoms with van der Waals surface area (Å²) in [5.74, 6) is 0.491. The molecule has 0 saturated carbocycles. The molecule has 1 amide bonds. The van der Waals surface area contributed by atoms with Gasteiger partial charge in [-0.1, -0.05) is 23.4 Å². The van der Waals surface area contributed by atoms with Gasteiger partial charge in [-0.05, 0) is 61.4 Å². The molecule has 0 spiro atoms. The highest BCUT2D eigenvalue weighted by molar-refractivity contribution is 7.99. The molecule has 0 radical (unpaired) electrons. The first kappa shape index (κ1) is 22.6. The number of amides is 1. The lowest BCUT2D eigenvalue weighted by Gasteiger charge is -2.15. The number of benzene rings is 2. The van der Waals surface area contributed by atoms with Crippen molar-refractivity contribution in [3.63, 3.8) is 0 Å². The third kappa shape index (κ3) is 6.21. The van der Waals surface area contributed by atoms with E-state index in [9.17, 15) is 9.18 Å². The zero-order valence-electron chi connectivity index (χ0n) is 17.3. The summed E-state index contributed by atoms with van der Waals surface area (Å²) < 4.78 is 20.9. The molecule has 10 heteroatoms. The number of aromatic nitrogens is 3. The van der Waals surface area contributed by atoms with Crippen LogP contribution in [0.15, 0.2) is 53.7 Å². The van der Waals surface area contributed by atoms with Gasteiger partial charge in [0.05, 0.1) is 24.9 Å². The van der Waals surface area contributed by atoms with Gasteiger partial charge in [0.1, 0.15) is 5.82 Å². The van der Waals surface area contributed by atoms with Gasteiger partial charge in [-0.2, -0.15) is 0 Å². The highest BCUT2D eigenvalue weighted by Crippen LogP contribution is 2.23. The number of rotatable bonds is 9. The van der Waals surface area contributed by atoms with Gasteiger partial charge < -0.3 is 19.9 Å². The Morgan fingerprint density at radius 2 is 1.91 bits per heavy atom. The second-order valence-corrected chi connectivity index (χ2v) is 8.73. The van der Waals surface area contributed by atoms with Crippen molar-refractivity contribution >= 4 is 40.6 Å². The zero-order chi connectivity index (χ0) is 22.3. The summed E-state index contributed by atoms with van der Waals surface area (Å²) in [5, 5.41) is 16.0. The van der Waals surface area contributed by atoms with Crippen LogP contribution in [0.1, 0.15) is 18.7 Å². The van der Waals surface area contributed by atoms with Crippen molar-refractivity contribution in [1.82, 2.24) is 14.8 Å². The Morgan fingerprint density at radius 3 is 2.62 bits per heavy atom. The van der Waals surface area contributed by atoms with E-state index in [1.807, 2.05) is 4.57 Å². The number of thioether (sulfide) groups is 1. The molecule has 1 aliphatic rings. The van der Waals surface area contributed by atoms with E-state index in [0.717, 1.165) is 31.0 Å². The van der Waals surface area contributed by atoms with E-state index < -0.39 is 0 Å². The molecule has 4 rings (SSSR count). The molecule has 1 atom stereocenters. The first-order chi connectivity index (χ1) is 15.6. The molecular formula is C22H23ClFN5O2S. The van der Waals surface area contributed by atoms with E-state index in [0.29, 0.717) is 29.0 Å². The van der Waals surface area contributed by atoms with Gasteiger partial charge in [-0.15, -0.1) is 10.2 Å². The monoisotopic (exact) mass is 475 g/mol. The highest BCUT2D eigenvalue weighted by Gasteiger charge is 2.21. The molecule has 32 heavy (non-hydrogen) atoms. The summed E-state index contributed by atoms with van der Waals surface area (Å²) in [7, 11) is 0. The second kappa shape index (κ2) is 10.8. The number of halogens is 2. The smallest absolute Gasteiger partial charge is 0.234 e. The first-order valence-electron chi connectivity index (χ1n) is 10.3. The van der Waals surface area contributed by atoms with E-state index in [1.54, 1.807) is 36.4 Å². The maximum absolute atomic E-state index is 13.1. The predicted octanol–water partition coefficient (Wildman–Crippen LogP) is 4.59. The summed E-state index contributed by atoms with van der Waals surface area (Å²) in [6, 6.07) is 13.1. The minimum absolute atomic E-state index is 0.0952. The summed E-state index contributed by atoms with van der Waals surface area (Å²) >= 11 is 7.21. The molecule has 7 nitrogen and oxygen atoms in total. The number of nitrogens with zero attached hydrogens (tertiary/aromatic N) is 3. The first-order valence-corrected chi connectivity index (χ1v) is 11.6. The molecule has 2 aromatic carbocycles. The maximum atomic E-state index is 13.1. The molecule has 0 bridgehead atoms. The highest BCUT2D eigenvalue weighted by atomic mass is 35.5. The van der Waals surface area contributed by atoms with Crippen molar-refractivity contribution in [2.24, 2.45) is 0 Å². The molecule has 1 unspecified atom stereocenters. The fourth-order valence-corrected chi connectivity index (χ4v) is 4.23. The van der Waals surface area contributed by atoms with E-state index in [-0.39, 0.29) is 23.6 Å². The Balaban J connectivity index is 1.41. The number of carbonyl (C=O) groups is 1. The molecule has 3 aromatic rings. The topological polar surface area (TPSA) is 81.1 Å². The van der Waals surface area contributed by atoms with Crippen LogP contribution in [-0.4, -0.2) is 39.1 Å². The van der Waals surface area contributed by atoms with Crippen LogP contribution in [0.3, 0.4) is 0 Å². The number of ether oxygens (including phenoxy) is 1. The van der Waals surface area contributed by atoms with Crippen LogP contribution in [0.4, 0.5) is 15.8 Å². The van der Waals surface area contributed by atoms with Crippen LogP contribution in [0, 0.1) is 5.82 Å². The predicted molar refractivity (Wildman–Crippen MR) is 124 cm³/mol. The van der Waals surface area contributed by atoms with Crippen molar-refractivity contribution in [3.05, 3.63) is 65.2 Å². The SMILES string of the molecule is O=C(CSc1nnc(CNc2ccc(F)cc2)n1CC1CCCO1)Nc1ccc(Cl)cc1. The van der Waals surface area contributed by atoms with Gasteiger partial charge >= 0.3 is 0 Å². The van der Waals surface area contributed by atoms with Crippen LogP contribution in [0.5, 0.6) is 0 Å². The Kier molecular flexibility index (Phi) is 7.62. The fourth-order valence-electron chi connectivity index (χ4n) is 3.34. The van der Waals surface area contributed by atoms with Gasteiger partial charge in [-0.25, -0.2) is 4.39 Å². The van der Waals surface area contributed by atoms with E-state index in [4.69, 9.17) is 16.3 Å². The van der Waals surface area contributed by atoms with Crippen LogP contribution in [0.2, 0.25) is 5.02 Å². The molecular weight excluding hydrogens is 453 g/mol. The molecule has 1 aromatic heterocycles. The molecule has 1 fully saturated rings. The van der Waals surface area contributed by atoms with Gasteiger partial charge in [0.15, 0.2) is 11.0 Å². The third-order valence-corrected chi connectivity index (χ3v) is 6.18. The van der Waals surface area contributed by atoms with Crippen LogP contribution < -0.4 is 10.6 Å². The quantitative estimate of drug-likeness (QED) is 0.440. The zero-order valence-corrected chi connectivity index (χ0v) is 18.8. The van der Waals surface area contributed by atoms with Crippen LogP contribution in [-0.2, 0) is 22.6 Å². The standard InChI is InChI=1S/C22H23ClFN5O2S/c23-15-3-7-18(8-4-15)26-21(30)14-32-22-28-27-20(29(22)13-19-2-1-11-31-19)12-25-17-9-5-16(24)6-10-17/h3-10,19,25H,1-2,11-14H2,(H,26,30). The second-order valence-electron chi connectivity index (χ2n) is 7.35. The third-order valence-electron chi connectivity index (χ3n) is 4.96. The molecule has 168 valence electrons. The lowest BCUT2D eigenvalue weighted by molar-refractivity contribution is -0.113. The Hall–Kier alpha value is -2.62. The Bertz CT molecular complexity index is 1040. The van der Waals surface area contributed by atoms with Gasteiger partial charge in [0, 0.05) is 23.0 Å². The van der Waals surface area contributed by atoms with Crippen molar-refractivity contribution in [3.8, 4) is 0 Å². The number of hydrogen-bond donors (Lipinski definition) is 2. The molecule has 1 saturated heterocycles. The number of anilines is 2. The van der Waals surface area contributed by atoms with Crippen molar-refractivity contribution in [2.75, 3.05) is 23.0 Å². The van der Waals surface area contributed by atoms with Crippen molar-refractivity contribution < 1.29 is 13.9 Å². The number of carbonyl (C=O) groups excluding carboxylic acids is 1. The molecule has 2 heterocycles. The molecule has 1 aliphatic heterocycles. The molecule has 2 N–H and O–H groups in total. The normalized spacial score (nSPS) is 15.6. The van der Waals surface area contributed by atoms with Gasteiger partial charge in [-0.3, -0.25) is 4.79 Å². The van der Waals surface area contributed by atoms with E-state index in [1.165, 1.54) is 23.9 Å². The minimum Gasteiger partial charge on any atom is -0.378 e. The lowest BCUT2D eigenvalue weighted by Crippen LogP contribution is -2.20. The summed E-state index contributed by atoms with van der Waals surface area (Å²) in [6.45, 7) is 1.79. The lowest BCUT2D eigenvalue weighted by atomic mass is 10.2. The van der Waals surface area contributed by atoms with Crippen molar-refractivity contribution in [2.45, 2.75) is 37.2 Å². The summed E-state index contributed by atoms with van der Waals surface area (Å²) in [6.07, 6.45) is 2.10.